The first kappa shape index (κ1) is 26.7. The molecular formula is C24H25ClF2N2O5. The van der Waals surface area contributed by atoms with Crippen molar-refractivity contribution in [3.8, 4) is 28.7 Å². The molecule has 3 N–H and O–H groups in total. The number of halogens is 3. The number of nitrogens with one attached hydrogen (secondary N) is 1. The second-order valence-corrected chi connectivity index (χ2v) is 6.88. The monoisotopic (exact) mass is 494 g/mol. The first-order valence-corrected chi connectivity index (χ1v) is 9.98. The van der Waals surface area contributed by atoms with Crippen molar-refractivity contribution in [3.63, 3.8) is 0 Å². The zero-order chi connectivity index (χ0) is 24.0. The first-order valence-electron chi connectivity index (χ1n) is 9.98. The third kappa shape index (κ3) is 5.86. The average Bonchev–Trinajstić information content (AvgIpc) is 2.81. The zero-order valence-corrected chi connectivity index (χ0v) is 19.6. The molecule has 3 aromatic carbocycles. The molecule has 3 aromatic rings. The van der Waals surface area contributed by atoms with Crippen LogP contribution in [0, 0.1) is 11.6 Å². The molecule has 0 heterocycles. The lowest BCUT2D eigenvalue weighted by atomic mass is 10.1. The van der Waals surface area contributed by atoms with Crippen LogP contribution in [-0.2, 0) is 6.42 Å². The molecule has 0 fully saturated rings. The number of hydrogen-bond donors (Lipinski definition) is 2. The third-order valence-corrected chi connectivity index (χ3v) is 4.77. The number of carbonyl (C=O) groups excluding carboxylic acids is 1. The molecule has 0 aromatic heterocycles. The quantitative estimate of drug-likeness (QED) is 0.437. The molecule has 0 aliphatic heterocycles. The molecule has 34 heavy (non-hydrogen) atoms. The minimum absolute atomic E-state index is 0. The van der Waals surface area contributed by atoms with Gasteiger partial charge in [-0.05, 0) is 42.8 Å². The largest absolute Gasteiger partial charge is 0.492 e. The normalized spacial score (nSPS) is 10.2. The van der Waals surface area contributed by atoms with Crippen LogP contribution < -0.4 is 30.0 Å². The van der Waals surface area contributed by atoms with E-state index in [1.54, 1.807) is 12.1 Å². The Bertz CT molecular complexity index is 1140. The van der Waals surface area contributed by atoms with Gasteiger partial charge in [0.15, 0.2) is 11.5 Å². The minimum Gasteiger partial charge on any atom is -0.492 e. The fraction of sp³-hybridized carbons (Fsp3) is 0.208. The van der Waals surface area contributed by atoms with E-state index in [-0.39, 0.29) is 46.7 Å². The highest BCUT2D eigenvalue weighted by Gasteiger charge is 2.26. The summed E-state index contributed by atoms with van der Waals surface area (Å²) < 4.78 is 49.8. The summed E-state index contributed by atoms with van der Waals surface area (Å²) in [4.78, 5) is 13.0. The van der Waals surface area contributed by atoms with E-state index in [0.29, 0.717) is 12.3 Å². The summed E-state index contributed by atoms with van der Waals surface area (Å²) in [5.41, 5.74) is 6.27. The van der Waals surface area contributed by atoms with E-state index >= 15 is 0 Å². The Labute approximate surface area is 202 Å². The first-order chi connectivity index (χ1) is 15.9. The molecule has 0 atom stereocenters. The maximum absolute atomic E-state index is 14.1. The van der Waals surface area contributed by atoms with Gasteiger partial charge in [-0.3, -0.25) is 4.79 Å². The molecule has 0 aliphatic rings. The molecule has 0 saturated heterocycles. The van der Waals surface area contributed by atoms with Crippen LogP contribution in [0.3, 0.4) is 0 Å². The van der Waals surface area contributed by atoms with Crippen molar-refractivity contribution >= 4 is 24.0 Å². The molecule has 0 radical (unpaired) electrons. The van der Waals surface area contributed by atoms with E-state index in [1.165, 1.54) is 27.4 Å². The van der Waals surface area contributed by atoms with Gasteiger partial charge >= 0.3 is 0 Å². The number of anilines is 1. The lowest BCUT2D eigenvalue weighted by Crippen LogP contribution is -2.15. The van der Waals surface area contributed by atoms with E-state index in [2.05, 4.69) is 5.32 Å². The second-order valence-electron chi connectivity index (χ2n) is 6.88. The van der Waals surface area contributed by atoms with Gasteiger partial charge in [0.1, 0.15) is 17.4 Å². The molecule has 0 saturated carbocycles. The molecule has 182 valence electrons. The van der Waals surface area contributed by atoms with E-state index < -0.39 is 17.5 Å². The molecule has 0 unspecified atom stereocenters. The summed E-state index contributed by atoms with van der Waals surface area (Å²) in [6.07, 6.45) is 0.723. The van der Waals surface area contributed by atoms with Crippen molar-refractivity contribution in [1.29, 1.82) is 0 Å². The van der Waals surface area contributed by atoms with Crippen LogP contribution in [0.5, 0.6) is 28.7 Å². The summed E-state index contributed by atoms with van der Waals surface area (Å²) in [5.74, 6) is -1.30. The SMILES string of the molecule is COc1c(Oc2ccc(CCN)cc2)cc(C(=O)Nc2cc(F)ccc2F)c(OC)c1OC.Cl. The van der Waals surface area contributed by atoms with E-state index in [1.807, 2.05) is 12.1 Å². The van der Waals surface area contributed by atoms with Gasteiger partial charge in [-0.25, -0.2) is 8.78 Å². The van der Waals surface area contributed by atoms with E-state index in [0.717, 1.165) is 30.2 Å². The highest BCUT2D eigenvalue weighted by atomic mass is 35.5. The number of benzene rings is 3. The van der Waals surface area contributed by atoms with Crippen LogP contribution >= 0.6 is 12.4 Å². The number of hydrogen-bond acceptors (Lipinski definition) is 6. The number of ether oxygens (including phenoxy) is 4. The van der Waals surface area contributed by atoms with Gasteiger partial charge in [-0.15, -0.1) is 12.4 Å². The lowest BCUT2D eigenvalue weighted by molar-refractivity contribution is 0.102. The van der Waals surface area contributed by atoms with Crippen LogP contribution in [0.1, 0.15) is 15.9 Å². The Balaban J connectivity index is 0.00000408. The van der Waals surface area contributed by atoms with Crippen LogP contribution in [0.4, 0.5) is 14.5 Å². The van der Waals surface area contributed by atoms with Crippen LogP contribution in [-0.4, -0.2) is 33.8 Å². The zero-order valence-electron chi connectivity index (χ0n) is 18.8. The molecule has 0 spiro atoms. The molecule has 10 heteroatoms. The van der Waals surface area contributed by atoms with Gasteiger partial charge in [0.25, 0.3) is 5.91 Å². The number of methoxy groups -OCH3 is 3. The van der Waals surface area contributed by atoms with E-state index in [9.17, 15) is 13.6 Å². The van der Waals surface area contributed by atoms with Gasteiger partial charge in [0, 0.05) is 12.1 Å². The van der Waals surface area contributed by atoms with Crippen molar-refractivity contribution in [2.75, 3.05) is 33.2 Å². The molecule has 3 rings (SSSR count). The third-order valence-electron chi connectivity index (χ3n) is 4.77. The van der Waals surface area contributed by atoms with Crippen LogP contribution in [0.2, 0.25) is 0 Å². The summed E-state index contributed by atoms with van der Waals surface area (Å²) in [7, 11) is 4.13. The van der Waals surface area contributed by atoms with Crippen molar-refractivity contribution < 1.29 is 32.5 Å². The van der Waals surface area contributed by atoms with Gasteiger partial charge in [-0.2, -0.15) is 0 Å². The molecule has 7 nitrogen and oxygen atoms in total. The standard InChI is InChI=1S/C24H24F2N2O5.ClH/c1-30-21-17(24(29)28-19-12-15(25)6-9-18(19)26)13-20(22(31-2)23(21)32-3)33-16-7-4-14(5-8-16)10-11-27;/h4-9,12-13H,10-11,27H2,1-3H3,(H,28,29);1H. The van der Waals surface area contributed by atoms with Crippen LogP contribution in [0.15, 0.2) is 48.5 Å². The summed E-state index contributed by atoms with van der Waals surface area (Å²) in [6, 6.07) is 11.4. The molecular weight excluding hydrogens is 470 g/mol. The van der Waals surface area contributed by atoms with Gasteiger partial charge in [-0.1, -0.05) is 12.1 Å². The maximum Gasteiger partial charge on any atom is 0.259 e. The Morgan fingerprint density at radius 2 is 1.56 bits per heavy atom. The highest BCUT2D eigenvalue weighted by Crippen LogP contribution is 2.48. The number of rotatable bonds is 9. The molecule has 0 bridgehead atoms. The smallest absolute Gasteiger partial charge is 0.259 e. The Kier molecular flexibility index (Phi) is 9.47. The van der Waals surface area contributed by atoms with Crippen molar-refractivity contribution in [2.24, 2.45) is 5.73 Å². The molecule has 1 amide bonds. The minimum atomic E-state index is -0.793. The maximum atomic E-state index is 14.1. The van der Waals surface area contributed by atoms with Crippen LogP contribution in [0.25, 0.3) is 0 Å². The van der Waals surface area contributed by atoms with Gasteiger partial charge in [0.05, 0.1) is 32.6 Å². The van der Waals surface area contributed by atoms with Gasteiger partial charge < -0.3 is 30.0 Å². The fourth-order valence-corrected chi connectivity index (χ4v) is 3.23. The average molecular weight is 495 g/mol. The fourth-order valence-electron chi connectivity index (χ4n) is 3.23. The Morgan fingerprint density at radius 1 is 0.912 bits per heavy atom. The summed E-state index contributed by atoms with van der Waals surface area (Å²) >= 11 is 0. The summed E-state index contributed by atoms with van der Waals surface area (Å²) in [6.45, 7) is 0.522. The summed E-state index contributed by atoms with van der Waals surface area (Å²) in [5, 5.41) is 2.35. The number of nitrogens with two attached hydrogens (primary N) is 1. The predicted octanol–water partition coefficient (Wildman–Crippen LogP) is 4.96. The number of amides is 1. The van der Waals surface area contributed by atoms with Crippen molar-refractivity contribution in [2.45, 2.75) is 6.42 Å². The van der Waals surface area contributed by atoms with Crippen molar-refractivity contribution in [1.82, 2.24) is 0 Å². The van der Waals surface area contributed by atoms with E-state index in [4.69, 9.17) is 24.7 Å². The van der Waals surface area contributed by atoms with Crippen molar-refractivity contribution in [3.05, 3.63) is 71.3 Å². The Hall–Kier alpha value is -3.56. The lowest BCUT2D eigenvalue weighted by Gasteiger charge is -2.19. The molecule has 0 aliphatic carbocycles. The Morgan fingerprint density at radius 3 is 2.15 bits per heavy atom. The highest BCUT2D eigenvalue weighted by molar-refractivity contribution is 6.07. The second kappa shape index (κ2) is 12.1. The number of carbonyl (C=O) groups is 1. The topological polar surface area (TPSA) is 92.0 Å². The predicted molar refractivity (Wildman–Crippen MR) is 127 cm³/mol. The van der Waals surface area contributed by atoms with Gasteiger partial charge in [0.2, 0.25) is 11.5 Å².